The molecule has 1 aliphatic heterocycles. The molecule has 4 heterocycles. The molecule has 29 heavy (non-hydrogen) atoms. The lowest BCUT2D eigenvalue weighted by Crippen LogP contribution is -2.30. The number of hydrogen-bond acceptors (Lipinski definition) is 7. The van der Waals surface area contributed by atoms with Gasteiger partial charge in [-0.05, 0) is 30.7 Å². The van der Waals surface area contributed by atoms with Crippen molar-refractivity contribution in [2.75, 3.05) is 24.5 Å². The van der Waals surface area contributed by atoms with E-state index in [-0.39, 0.29) is 5.91 Å². The Bertz CT molecular complexity index is 963. The minimum atomic E-state index is -0.0452. The molecule has 0 unspecified atom stereocenters. The third-order valence-corrected chi connectivity index (χ3v) is 6.54. The summed E-state index contributed by atoms with van der Waals surface area (Å²) >= 11 is 3.12. The summed E-state index contributed by atoms with van der Waals surface area (Å²) in [4.78, 5) is 24.9. The van der Waals surface area contributed by atoms with E-state index in [2.05, 4.69) is 29.2 Å². The van der Waals surface area contributed by atoms with E-state index in [1.807, 2.05) is 28.4 Å². The minimum Gasteiger partial charge on any atom is -0.356 e. The molecule has 9 heteroatoms. The molecule has 3 aromatic rings. The molecule has 0 spiro atoms. The summed E-state index contributed by atoms with van der Waals surface area (Å²) in [7, 11) is 0. The van der Waals surface area contributed by atoms with Gasteiger partial charge in [-0.3, -0.25) is 4.79 Å². The van der Waals surface area contributed by atoms with Crippen molar-refractivity contribution < 1.29 is 4.79 Å². The van der Waals surface area contributed by atoms with Gasteiger partial charge in [-0.1, -0.05) is 31.7 Å². The first-order chi connectivity index (χ1) is 14.1. The van der Waals surface area contributed by atoms with Crippen LogP contribution < -0.4 is 10.2 Å². The Balaban J connectivity index is 1.56. The predicted octanol–water partition coefficient (Wildman–Crippen LogP) is 3.81. The number of carbonyl (C=O) groups excluding carboxylic acids is 1. The molecule has 3 aromatic heterocycles. The highest BCUT2D eigenvalue weighted by Gasteiger charge is 2.20. The lowest BCUT2D eigenvalue weighted by atomic mass is 10.1. The normalized spacial score (nSPS) is 14.7. The Morgan fingerprint density at radius 3 is 2.83 bits per heavy atom. The van der Waals surface area contributed by atoms with Crippen molar-refractivity contribution in [1.82, 2.24) is 25.1 Å². The van der Waals surface area contributed by atoms with Crippen LogP contribution in [0, 0.1) is 0 Å². The van der Waals surface area contributed by atoms with Gasteiger partial charge in [0.1, 0.15) is 5.82 Å². The van der Waals surface area contributed by atoms with Gasteiger partial charge in [0.2, 0.25) is 0 Å². The van der Waals surface area contributed by atoms with Crippen LogP contribution in [0.1, 0.15) is 42.8 Å². The fourth-order valence-corrected chi connectivity index (χ4v) is 4.81. The third-order valence-electron chi connectivity index (χ3n) is 4.81. The third kappa shape index (κ3) is 4.72. The summed E-state index contributed by atoms with van der Waals surface area (Å²) in [5, 5.41) is 11.6. The van der Waals surface area contributed by atoms with Gasteiger partial charge in [-0.15, -0.1) is 11.3 Å². The Labute approximate surface area is 178 Å². The molecule has 0 aliphatic carbocycles. The number of fused-ring (bicyclic) bond motifs is 1. The van der Waals surface area contributed by atoms with E-state index < -0.39 is 0 Å². The van der Waals surface area contributed by atoms with Gasteiger partial charge in [-0.2, -0.15) is 5.10 Å². The second-order valence-corrected chi connectivity index (χ2v) is 9.87. The van der Waals surface area contributed by atoms with Gasteiger partial charge >= 0.3 is 0 Å². The number of amides is 1. The van der Waals surface area contributed by atoms with Crippen LogP contribution >= 0.6 is 23.1 Å². The Hall–Kier alpha value is -2.13. The van der Waals surface area contributed by atoms with Crippen molar-refractivity contribution in [2.45, 2.75) is 50.1 Å². The van der Waals surface area contributed by atoms with Crippen LogP contribution in [0.2, 0.25) is 0 Å². The number of piperidine rings is 1. The summed E-state index contributed by atoms with van der Waals surface area (Å²) < 4.78 is 1.88. The Kier molecular flexibility index (Phi) is 6.34. The first kappa shape index (κ1) is 20.2. The van der Waals surface area contributed by atoms with Gasteiger partial charge < -0.3 is 10.2 Å². The SMILES string of the molecule is CC(C)Sc1nc(N2CCCCC2)c2cnn(CCNC(=O)c3cccs3)c2n1. The number of nitrogens with one attached hydrogen (secondary N) is 1. The summed E-state index contributed by atoms with van der Waals surface area (Å²) in [6.07, 6.45) is 5.54. The molecule has 154 valence electrons. The highest BCUT2D eigenvalue weighted by atomic mass is 32.2. The molecular formula is C20H26N6OS2. The quantitative estimate of drug-likeness (QED) is 0.454. The second kappa shape index (κ2) is 9.13. The molecule has 7 nitrogen and oxygen atoms in total. The van der Waals surface area contributed by atoms with Gasteiger partial charge in [-0.25, -0.2) is 14.6 Å². The molecule has 1 fully saturated rings. The number of hydrogen-bond donors (Lipinski definition) is 1. The molecule has 1 aliphatic rings. The molecule has 1 saturated heterocycles. The molecule has 0 aromatic carbocycles. The number of nitrogens with zero attached hydrogens (tertiary/aromatic N) is 5. The molecule has 0 saturated carbocycles. The molecule has 0 atom stereocenters. The van der Waals surface area contributed by atoms with Gasteiger partial charge in [0.05, 0.1) is 23.0 Å². The highest BCUT2D eigenvalue weighted by molar-refractivity contribution is 7.99. The predicted molar refractivity (Wildman–Crippen MR) is 119 cm³/mol. The second-order valence-electron chi connectivity index (χ2n) is 7.38. The topological polar surface area (TPSA) is 75.9 Å². The van der Waals surface area contributed by atoms with Crippen LogP contribution in [-0.2, 0) is 6.54 Å². The summed E-state index contributed by atoms with van der Waals surface area (Å²) in [6, 6.07) is 3.71. The number of rotatable bonds is 7. The van der Waals surface area contributed by atoms with E-state index >= 15 is 0 Å². The monoisotopic (exact) mass is 430 g/mol. The smallest absolute Gasteiger partial charge is 0.261 e. The van der Waals surface area contributed by atoms with E-state index in [9.17, 15) is 4.79 Å². The van der Waals surface area contributed by atoms with Gasteiger partial charge in [0.25, 0.3) is 5.91 Å². The van der Waals surface area contributed by atoms with E-state index in [0.717, 1.165) is 40.0 Å². The van der Waals surface area contributed by atoms with Crippen LogP contribution in [0.25, 0.3) is 11.0 Å². The first-order valence-corrected chi connectivity index (χ1v) is 11.8. The van der Waals surface area contributed by atoms with E-state index in [1.54, 1.807) is 11.8 Å². The van der Waals surface area contributed by atoms with Crippen molar-refractivity contribution in [3.8, 4) is 0 Å². The zero-order valence-corrected chi connectivity index (χ0v) is 18.4. The number of anilines is 1. The number of thioether (sulfide) groups is 1. The van der Waals surface area contributed by atoms with Crippen LogP contribution in [0.5, 0.6) is 0 Å². The van der Waals surface area contributed by atoms with Gasteiger partial charge in [0.15, 0.2) is 10.8 Å². The minimum absolute atomic E-state index is 0.0452. The van der Waals surface area contributed by atoms with Crippen molar-refractivity contribution in [2.24, 2.45) is 0 Å². The average molecular weight is 431 g/mol. The fraction of sp³-hybridized carbons (Fsp3) is 0.500. The summed E-state index contributed by atoms with van der Waals surface area (Å²) in [5.74, 6) is 0.947. The maximum Gasteiger partial charge on any atom is 0.261 e. The zero-order valence-electron chi connectivity index (χ0n) is 16.8. The van der Waals surface area contributed by atoms with Crippen LogP contribution in [0.15, 0.2) is 28.9 Å². The maximum atomic E-state index is 12.2. The van der Waals surface area contributed by atoms with Crippen molar-refractivity contribution in [3.05, 3.63) is 28.6 Å². The van der Waals surface area contributed by atoms with Gasteiger partial charge in [0, 0.05) is 24.9 Å². The number of aromatic nitrogens is 4. The van der Waals surface area contributed by atoms with E-state index in [1.165, 1.54) is 30.6 Å². The number of carbonyl (C=O) groups is 1. The summed E-state index contributed by atoms with van der Waals surface area (Å²) in [5.41, 5.74) is 0.842. The largest absolute Gasteiger partial charge is 0.356 e. The lowest BCUT2D eigenvalue weighted by molar-refractivity contribution is 0.0956. The Morgan fingerprint density at radius 1 is 1.28 bits per heavy atom. The Morgan fingerprint density at radius 2 is 2.10 bits per heavy atom. The molecule has 0 radical (unpaired) electrons. The van der Waals surface area contributed by atoms with E-state index in [0.29, 0.717) is 18.3 Å². The molecular weight excluding hydrogens is 404 g/mol. The molecule has 4 rings (SSSR count). The van der Waals surface area contributed by atoms with Crippen LogP contribution in [0.4, 0.5) is 5.82 Å². The highest BCUT2D eigenvalue weighted by Crippen LogP contribution is 2.30. The van der Waals surface area contributed by atoms with Crippen molar-refractivity contribution in [1.29, 1.82) is 0 Å². The van der Waals surface area contributed by atoms with Crippen molar-refractivity contribution >= 4 is 45.9 Å². The van der Waals surface area contributed by atoms with Crippen LogP contribution in [-0.4, -0.2) is 50.5 Å². The number of thiophene rings is 1. The van der Waals surface area contributed by atoms with Crippen LogP contribution in [0.3, 0.4) is 0 Å². The standard InChI is InChI=1S/C20H26N6OS2/c1-14(2)29-20-23-17(25-9-4-3-5-10-25)15-13-22-26(18(15)24-20)11-8-21-19(27)16-7-6-12-28-16/h6-7,12-14H,3-5,8-11H2,1-2H3,(H,21,27). The molecule has 1 amide bonds. The van der Waals surface area contributed by atoms with E-state index in [4.69, 9.17) is 9.97 Å². The summed E-state index contributed by atoms with van der Waals surface area (Å²) in [6.45, 7) is 7.43. The first-order valence-electron chi connectivity index (χ1n) is 10.1. The van der Waals surface area contributed by atoms with Crippen molar-refractivity contribution in [3.63, 3.8) is 0 Å². The fourth-order valence-electron chi connectivity index (χ4n) is 3.47. The average Bonchev–Trinajstić information content (AvgIpc) is 3.38. The zero-order chi connectivity index (χ0) is 20.2. The molecule has 0 bridgehead atoms. The lowest BCUT2D eigenvalue weighted by Gasteiger charge is -2.28. The molecule has 1 N–H and O–H groups in total. The maximum absolute atomic E-state index is 12.2.